The van der Waals surface area contributed by atoms with Crippen molar-refractivity contribution in [3.8, 4) is 11.3 Å². The number of ether oxygens (including phenoxy) is 1. The van der Waals surface area contributed by atoms with Gasteiger partial charge in [-0.3, -0.25) is 0 Å². The topological polar surface area (TPSA) is 84.4 Å². The van der Waals surface area contributed by atoms with Crippen molar-refractivity contribution in [1.29, 1.82) is 0 Å². The summed E-state index contributed by atoms with van der Waals surface area (Å²) in [6.45, 7) is 5.05. The Morgan fingerprint density at radius 3 is 2.42 bits per heavy atom. The largest absolute Gasteiger partial charge is 0.379 e. The van der Waals surface area contributed by atoms with Gasteiger partial charge in [-0.1, -0.05) is 12.1 Å². The molecule has 0 bridgehead atoms. The van der Waals surface area contributed by atoms with Gasteiger partial charge in [-0.2, -0.15) is 4.31 Å². The van der Waals surface area contributed by atoms with Crippen molar-refractivity contribution in [2.45, 2.75) is 18.7 Å². The van der Waals surface area contributed by atoms with Gasteiger partial charge in [0.25, 0.3) is 0 Å². The second-order valence-electron chi connectivity index (χ2n) is 7.38. The van der Waals surface area contributed by atoms with Gasteiger partial charge in [0.1, 0.15) is 5.82 Å². The van der Waals surface area contributed by atoms with Crippen LogP contribution in [0.2, 0.25) is 0 Å². The van der Waals surface area contributed by atoms with Crippen LogP contribution in [-0.4, -0.2) is 49.2 Å². The quantitative estimate of drug-likeness (QED) is 0.649. The Balaban J connectivity index is 1.59. The first-order valence-corrected chi connectivity index (χ1v) is 11.3. The van der Waals surface area contributed by atoms with E-state index < -0.39 is 10.0 Å². The minimum Gasteiger partial charge on any atom is -0.379 e. The first kappa shape index (κ1) is 21.4. The summed E-state index contributed by atoms with van der Waals surface area (Å²) in [6.07, 6.45) is 0. The maximum atomic E-state index is 13.3. The molecule has 1 aliphatic heterocycles. The third kappa shape index (κ3) is 4.58. The van der Waals surface area contributed by atoms with Crippen molar-refractivity contribution in [1.82, 2.24) is 14.5 Å². The lowest BCUT2D eigenvalue weighted by Crippen LogP contribution is -2.40. The predicted octanol–water partition coefficient (Wildman–Crippen LogP) is 3.66. The van der Waals surface area contributed by atoms with E-state index in [0.29, 0.717) is 48.9 Å². The Morgan fingerprint density at radius 1 is 0.968 bits per heavy atom. The zero-order valence-electron chi connectivity index (χ0n) is 17.3. The molecule has 0 aliphatic carbocycles. The monoisotopic (exact) mass is 442 g/mol. The van der Waals surface area contributed by atoms with E-state index in [9.17, 15) is 12.8 Å². The molecule has 1 N–H and O–H groups in total. The lowest BCUT2D eigenvalue weighted by Gasteiger charge is -2.26. The second-order valence-corrected chi connectivity index (χ2v) is 9.29. The molecule has 4 rings (SSSR count). The standard InChI is InChI=1S/C22H23FN4O3S/c1-15-3-4-17(14-21(15)31(28,29)27-9-11-30-12-10-27)20-7-8-22(26-25-20)24-19-6-5-18(23)13-16(19)2/h3-8,13-14H,9-12H2,1-2H3,(H,24,26). The molecule has 2 aromatic carbocycles. The van der Waals surface area contributed by atoms with Gasteiger partial charge in [-0.25, -0.2) is 12.8 Å². The van der Waals surface area contributed by atoms with Crippen molar-refractivity contribution in [2.75, 3.05) is 31.6 Å². The number of aryl methyl sites for hydroxylation is 2. The molecule has 9 heteroatoms. The average Bonchev–Trinajstić information content (AvgIpc) is 2.77. The smallest absolute Gasteiger partial charge is 0.243 e. The normalized spacial score (nSPS) is 15.1. The van der Waals surface area contributed by atoms with E-state index >= 15 is 0 Å². The predicted molar refractivity (Wildman–Crippen MR) is 116 cm³/mol. The maximum absolute atomic E-state index is 13.3. The Bertz CT molecular complexity index is 1190. The van der Waals surface area contributed by atoms with E-state index in [1.54, 1.807) is 44.2 Å². The summed E-state index contributed by atoms with van der Waals surface area (Å²) in [4.78, 5) is 0.262. The molecule has 0 amide bonds. The van der Waals surface area contributed by atoms with Crippen molar-refractivity contribution in [3.63, 3.8) is 0 Å². The molecule has 0 spiro atoms. The van der Waals surface area contributed by atoms with Gasteiger partial charge in [-0.15, -0.1) is 10.2 Å². The molecular weight excluding hydrogens is 419 g/mol. The average molecular weight is 443 g/mol. The highest BCUT2D eigenvalue weighted by molar-refractivity contribution is 7.89. The van der Waals surface area contributed by atoms with Gasteiger partial charge in [0.05, 0.1) is 23.8 Å². The first-order valence-electron chi connectivity index (χ1n) is 9.90. The molecule has 31 heavy (non-hydrogen) atoms. The SMILES string of the molecule is Cc1cc(F)ccc1Nc1ccc(-c2ccc(C)c(S(=O)(=O)N3CCOCC3)c2)nn1. The number of benzene rings is 2. The molecule has 0 atom stereocenters. The fraction of sp³-hybridized carbons (Fsp3) is 0.273. The van der Waals surface area contributed by atoms with Crippen LogP contribution in [0, 0.1) is 19.7 Å². The third-order valence-electron chi connectivity index (χ3n) is 5.19. The number of morpholine rings is 1. The van der Waals surface area contributed by atoms with Crippen LogP contribution in [0.1, 0.15) is 11.1 Å². The van der Waals surface area contributed by atoms with E-state index in [1.807, 2.05) is 6.07 Å². The van der Waals surface area contributed by atoms with Crippen molar-refractivity contribution < 1.29 is 17.5 Å². The number of hydrogen-bond donors (Lipinski definition) is 1. The van der Waals surface area contributed by atoms with E-state index in [-0.39, 0.29) is 10.7 Å². The molecule has 1 aromatic heterocycles. The fourth-order valence-corrected chi connectivity index (χ4v) is 5.08. The molecule has 1 fully saturated rings. The van der Waals surface area contributed by atoms with E-state index in [2.05, 4.69) is 15.5 Å². The Hall–Kier alpha value is -2.88. The zero-order valence-corrected chi connectivity index (χ0v) is 18.1. The van der Waals surface area contributed by atoms with Crippen LogP contribution in [0.15, 0.2) is 53.4 Å². The number of anilines is 2. The summed E-state index contributed by atoms with van der Waals surface area (Å²) in [5, 5.41) is 11.5. The summed E-state index contributed by atoms with van der Waals surface area (Å²) in [6, 6.07) is 13.2. The van der Waals surface area contributed by atoms with Crippen LogP contribution in [0.3, 0.4) is 0 Å². The van der Waals surface area contributed by atoms with Gasteiger partial charge < -0.3 is 10.1 Å². The first-order chi connectivity index (χ1) is 14.8. The van der Waals surface area contributed by atoms with Crippen LogP contribution in [0.25, 0.3) is 11.3 Å². The molecule has 1 saturated heterocycles. The second kappa shape index (κ2) is 8.70. The highest BCUT2D eigenvalue weighted by Crippen LogP contribution is 2.27. The van der Waals surface area contributed by atoms with Crippen LogP contribution in [0.5, 0.6) is 0 Å². The Labute approximate surface area is 180 Å². The Kier molecular flexibility index (Phi) is 5.99. The summed E-state index contributed by atoms with van der Waals surface area (Å²) in [5.41, 5.74) is 3.38. The molecular formula is C22H23FN4O3S. The van der Waals surface area contributed by atoms with E-state index in [0.717, 1.165) is 11.3 Å². The van der Waals surface area contributed by atoms with Gasteiger partial charge in [0.2, 0.25) is 10.0 Å². The Morgan fingerprint density at radius 2 is 1.74 bits per heavy atom. The number of rotatable bonds is 5. The lowest BCUT2D eigenvalue weighted by atomic mass is 10.1. The van der Waals surface area contributed by atoms with Gasteiger partial charge >= 0.3 is 0 Å². The number of halogens is 1. The highest BCUT2D eigenvalue weighted by Gasteiger charge is 2.28. The minimum atomic E-state index is -3.62. The summed E-state index contributed by atoms with van der Waals surface area (Å²) in [7, 11) is -3.62. The summed E-state index contributed by atoms with van der Waals surface area (Å²) < 4.78 is 46.2. The molecule has 0 radical (unpaired) electrons. The number of nitrogens with one attached hydrogen (secondary N) is 1. The summed E-state index contributed by atoms with van der Waals surface area (Å²) >= 11 is 0. The van der Waals surface area contributed by atoms with Crippen LogP contribution >= 0.6 is 0 Å². The van der Waals surface area contributed by atoms with Crippen LogP contribution in [-0.2, 0) is 14.8 Å². The number of nitrogens with zero attached hydrogens (tertiary/aromatic N) is 3. The maximum Gasteiger partial charge on any atom is 0.243 e. The minimum absolute atomic E-state index is 0.262. The van der Waals surface area contributed by atoms with Crippen molar-refractivity contribution in [3.05, 3.63) is 65.5 Å². The molecule has 0 saturated carbocycles. The number of sulfonamides is 1. The summed E-state index contributed by atoms with van der Waals surface area (Å²) in [5.74, 6) is 0.207. The zero-order chi connectivity index (χ0) is 22.0. The van der Waals surface area contributed by atoms with Gasteiger partial charge in [0, 0.05) is 24.3 Å². The third-order valence-corrected chi connectivity index (χ3v) is 7.23. The molecule has 3 aromatic rings. The fourth-order valence-electron chi connectivity index (χ4n) is 3.42. The molecule has 162 valence electrons. The molecule has 2 heterocycles. The van der Waals surface area contributed by atoms with Gasteiger partial charge in [0.15, 0.2) is 5.82 Å². The van der Waals surface area contributed by atoms with Crippen LogP contribution in [0.4, 0.5) is 15.9 Å². The van der Waals surface area contributed by atoms with Gasteiger partial charge in [-0.05, 0) is 61.4 Å². The van der Waals surface area contributed by atoms with Crippen molar-refractivity contribution >= 4 is 21.5 Å². The van der Waals surface area contributed by atoms with Crippen LogP contribution < -0.4 is 5.32 Å². The number of aromatic nitrogens is 2. The number of hydrogen-bond acceptors (Lipinski definition) is 6. The molecule has 1 aliphatic rings. The van der Waals surface area contributed by atoms with E-state index in [4.69, 9.17) is 4.74 Å². The molecule has 7 nitrogen and oxygen atoms in total. The lowest BCUT2D eigenvalue weighted by molar-refractivity contribution is 0.0730. The van der Waals surface area contributed by atoms with Crippen molar-refractivity contribution in [2.24, 2.45) is 0 Å². The molecule has 0 unspecified atom stereocenters. The van der Waals surface area contributed by atoms with E-state index in [1.165, 1.54) is 16.4 Å². The highest BCUT2D eigenvalue weighted by atomic mass is 32.2.